The molecule has 0 radical (unpaired) electrons. The van der Waals surface area contributed by atoms with Gasteiger partial charge in [0, 0.05) is 17.3 Å². The van der Waals surface area contributed by atoms with Crippen molar-refractivity contribution in [3.63, 3.8) is 0 Å². The van der Waals surface area contributed by atoms with Crippen molar-refractivity contribution in [1.29, 1.82) is 0 Å². The van der Waals surface area contributed by atoms with Crippen LogP contribution in [0.4, 0.5) is 0 Å². The zero-order valence-corrected chi connectivity index (χ0v) is 35.2. The molecule has 6 aromatic rings. The van der Waals surface area contributed by atoms with Gasteiger partial charge in [0.15, 0.2) is 0 Å². The Hall–Kier alpha value is -6.50. The number of benzene rings is 6. The van der Waals surface area contributed by atoms with Crippen LogP contribution in [0.2, 0.25) is 0 Å². The predicted molar refractivity (Wildman–Crippen MR) is 260 cm³/mol. The third kappa shape index (κ3) is 5.72. The summed E-state index contributed by atoms with van der Waals surface area (Å²) in [5.41, 5.74) is 20.2. The smallest absolute Gasteiger partial charge is 0.0155 e. The van der Waals surface area contributed by atoms with Crippen molar-refractivity contribution in [2.24, 2.45) is 11.8 Å². The van der Waals surface area contributed by atoms with Crippen LogP contribution < -0.4 is 10.4 Å². The predicted octanol–water partition coefficient (Wildman–Crippen LogP) is 14.3. The van der Waals surface area contributed by atoms with Gasteiger partial charge in [-0.05, 0) is 148 Å². The number of hydrogen-bond donors (Lipinski definition) is 0. The molecule has 0 heterocycles. The minimum Gasteiger partial charge on any atom is -0.0842 e. The van der Waals surface area contributed by atoms with Crippen LogP contribution in [0.15, 0.2) is 199 Å². The molecule has 2 unspecified atom stereocenters. The molecule has 0 bridgehead atoms. The molecule has 6 aliphatic rings. The Labute approximate surface area is 360 Å². The second-order valence-electron chi connectivity index (χ2n) is 18.4. The lowest BCUT2D eigenvalue weighted by Crippen LogP contribution is -2.40. The summed E-state index contributed by atoms with van der Waals surface area (Å²) in [5, 5.41) is 8.19. The van der Waals surface area contributed by atoms with E-state index < -0.39 is 0 Å². The van der Waals surface area contributed by atoms with Crippen molar-refractivity contribution in [3.05, 3.63) is 231 Å². The average Bonchev–Trinajstić information content (AvgIpc) is 3.55. The van der Waals surface area contributed by atoms with Crippen molar-refractivity contribution in [2.45, 2.75) is 57.8 Å². The SMILES string of the molecule is CC1(C)C2=C(CCC(c3c4ccccc4c(-c4ccc(C5=CC=C(C6=c7ccccc7=C(C7=CC=CCC7)C7C=CC=CC67)CC5)cc4)c4ccccc34)=C2)c2ccccc21. The van der Waals surface area contributed by atoms with Gasteiger partial charge in [-0.15, -0.1) is 0 Å². The van der Waals surface area contributed by atoms with Crippen LogP contribution in [0.5, 0.6) is 0 Å². The lowest BCUT2D eigenvalue weighted by atomic mass is 9.68. The zero-order valence-electron chi connectivity index (χ0n) is 35.2. The highest BCUT2D eigenvalue weighted by atomic mass is 14.4. The van der Waals surface area contributed by atoms with Gasteiger partial charge in [-0.1, -0.05) is 196 Å². The Morgan fingerprint density at radius 2 is 1.00 bits per heavy atom. The van der Waals surface area contributed by atoms with E-state index in [1.165, 1.54) is 110 Å². The average molecular weight is 783 g/mol. The van der Waals surface area contributed by atoms with Crippen LogP contribution in [0.3, 0.4) is 0 Å². The lowest BCUT2D eigenvalue weighted by Gasteiger charge is -2.35. The summed E-state index contributed by atoms with van der Waals surface area (Å²) in [6.07, 6.45) is 30.2. The molecular weight excluding hydrogens is 733 g/mol. The van der Waals surface area contributed by atoms with Crippen LogP contribution >= 0.6 is 0 Å². The van der Waals surface area contributed by atoms with Gasteiger partial charge in [0.2, 0.25) is 0 Å². The minimum absolute atomic E-state index is 0.00309. The fourth-order valence-corrected chi connectivity index (χ4v) is 12.0. The summed E-state index contributed by atoms with van der Waals surface area (Å²) >= 11 is 0. The first kappa shape index (κ1) is 36.4. The van der Waals surface area contributed by atoms with Gasteiger partial charge >= 0.3 is 0 Å². The molecule has 2 atom stereocenters. The monoisotopic (exact) mass is 782 g/mol. The fraction of sp³-hybridized carbons (Fsp3) is 0.180. The summed E-state index contributed by atoms with van der Waals surface area (Å²) < 4.78 is 0. The highest BCUT2D eigenvalue weighted by molar-refractivity contribution is 6.19. The topological polar surface area (TPSA) is 0 Å². The van der Waals surface area contributed by atoms with E-state index in [9.17, 15) is 0 Å². The van der Waals surface area contributed by atoms with Gasteiger partial charge < -0.3 is 0 Å². The highest BCUT2D eigenvalue weighted by Gasteiger charge is 2.38. The molecule has 6 aliphatic carbocycles. The quantitative estimate of drug-likeness (QED) is 0.153. The number of fused-ring (bicyclic) bond motifs is 6. The van der Waals surface area contributed by atoms with E-state index in [1.807, 2.05) is 0 Å². The van der Waals surface area contributed by atoms with Gasteiger partial charge in [0.05, 0.1) is 0 Å². The van der Waals surface area contributed by atoms with E-state index >= 15 is 0 Å². The zero-order chi connectivity index (χ0) is 40.7. The first-order valence-electron chi connectivity index (χ1n) is 22.6. The number of hydrogen-bond acceptors (Lipinski definition) is 0. The summed E-state index contributed by atoms with van der Waals surface area (Å²) in [6, 6.07) is 46.1. The lowest BCUT2D eigenvalue weighted by molar-refractivity contribution is 0.652. The second-order valence-corrected chi connectivity index (χ2v) is 18.4. The van der Waals surface area contributed by atoms with Crippen LogP contribution in [-0.4, -0.2) is 0 Å². The Bertz CT molecular complexity index is 3190. The second kappa shape index (κ2) is 14.3. The van der Waals surface area contributed by atoms with E-state index in [0.717, 1.165) is 38.5 Å². The minimum atomic E-state index is -0.00309. The van der Waals surface area contributed by atoms with Crippen LogP contribution in [0, 0.1) is 11.8 Å². The molecule has 0 aromatic heterocycles. The molecule has 0 fully saturated rings. The molecule has 294 valence electrons. The van der Waals surface area contributed by atoms with Crippen LogP contribution in [0.1, 0.15) is 74.6 Å². The molecular formula is C61H50. The largest absolute Gasteiger partial charge is 0.0842 e. The van der Waals surface area contributed by atoms with Crippen molar-refractivity contribution in [2.75, 3.05) is 0 Å². The molecule has 61 heavy (non-hydrogen) atoms. The van der Waals surface area contributed by atoms with Crippen molar-refractivity contribution >= 4 is 49.4 Å². The molecule has 0 amide bonds. The van der Waals surface area contributed by atoms with E-state index in [-0.39, 0.29) is 5.41 Å². The van der Waals surface area contributed by atoms with Gasteiger partial charge in [0.25, 0.3) is 0 Å². The van der Waals surface area contributed by atoms with E-state index in [2.05, 4.69) is 196 Å². The Balaban J connectivity index is 0.925. The van der Waals surface area contributed by atoms with Gasteiger partial charge in [-0.2, -0.15) is 0 Å². The molecule has 0 saturated carbocycles. The molecule has 12 rings (SSSR count). The number of allylic oxidation sites excluding steroid dienone is 16. The molecule has 0 N–H and O–H groups in total. The molecule has 0 saturated heterocycles. The van der Waals surface area contributed by atoms with Gasteiger partial charge in [0.1, 0.15) is 0 Å². The third-order valence-corrected chi connectivity index (χ3v) is 14.8. The molecule has 0 aliphatic heterocycles. The fourth-order valence-electron chi connectivity index (χ4n) is 12.0. The molecule has 0 heteroatoms. The van der Waals surface area contributed by atoms with Crippen molar-refractivity contribution in [1.82, 2.24) is 0 Å². The molecule has 0 spiro atoms. The maximum atomic E-state index is 2.56. The summed E-state index contributed by atoms with van der Waals surface area (Å²) in [7, 11) is 0. The number of rotatable bonds is 5. The van der Waals surface area contributed by atoms with Crippen LogP contribution in [0.25, 0.3) is 60.5 Å². The maximum Gasteiger partial charge on any atom is 0.0155 e. The normalized spacial score (nSPS) is 21.1. The van der Waals surface area contributed by atoms with Crippen molar-refractivity contribution in [3.8, 4) is 11.1 Å². The van der Waals surface area contributed by atoms with E-state index in [4.69, 9.17) is 0 Å². The van der Waals surface area contributed by atoms with Gasteiger partial charge in [-0.25, -0.2) is 0 Å². The Morgan fingerprint density at radius 1 is 0.459 bits per heavy atom. The van der Waals surface area contributed by atoms with E-state index in [0.29, 0.717) is 11.8 Å². The first-order valence-corrected chi connectivity index (χ1v) is 22.6. The Kier molecular flexibility index (Phi) is 8.53. The van der Waals surface area contributed by atoms with Crippen molar-refractivity contribution < 1.29 is 0 Å². The Morgan fingerprint density at radius 3 is 1.62 bits per heavy atom. The van der Waals surface area contributed by atoms with Gasteiger partial charge in [-0.3, -0.25) is 0 Å². The molecule has 6 aromatic carbocycles. The highest BCUT2D eigenvalue weighted by Crippen LogP contribution is 2.54. The van der Waals surface area contributed by atoms with Crippen LogP contribution in [-0.2, 0) is 5.41 Å². The van der Waals surface area contributed by atoms with E-state index in [1.54, 1.807) is 0 Å². The third-order valence-electron chi connectivity index (χ3n) is 14.8. The molecule has 0 nitrogen and oxygen atoms in total. The first-order chi connectivity index (χ1) is 30.0. The summed E-state index contributed by atoms with van der Waals surface area (Å²) in [4.78, 5) is 0. The standard InChI is InChI=1S/C61H50/c1-61(2)55-27-15-14-18-45(55)46-37-36-44(38-56(46)61)60-53-25-12-10-23-51(53)59(52-24-11-13-26-54(52)60)43-34-30-40(31-35-43)39-28-32-42(33-29-39)58-49-21-8-6-19-47(49)57(41-16-4-3-5-17-41)48-20-7-9-22-50(48)58/h3-4,6-16,18-28,30-32,34-35,38,47,49H,5,17,29,33,36-37H2,1-2H3. The summed E-state index contributed by atoms with van der Waals surface area (Å²) in [6.45, 7) is 4.82. The summed E-state index contributed by atoms with van der Waals surface area (Å²) in [5.74, 6) is 0.725. The maximum absolute atomic E-state index is 2.56.